The SMILES string of the molecule is CN(C)C1(CNC(=O)c2cc(N)ncc2Cl)CCCC1. The Balaban J connectivity index is 2.06. The number of halogens is 1. The molecule has 0 aromatic carbocycles. The average molecular weight is 297 g/mol. The minimum atomic E-state index is -0.197. The second-order valence-corrected chi connectivity index (χ2v) is 6.00. The summed E-state index contributed by atoms with van der Waals surface area (Å²) < 4.78 is 0. The van der Waals surface area contributed by atoms with Crippen LogP contribution >= 0.6 is 11.6 Å². The summed E-state index contributed by atoms with van der Waals surface area (Å²) in [6.07, 6.45) is 6.02. The number of hydrogen-bond donors (Lipinski definition) is 2. The molecular formula is C14H21ClN4O. The summed E-state index contributed by atoms with van der Waals surface area (Å²) in [4.78, 5) is 18.3. The van der Waals surface area contributed by atoms with Crippen molar-refractivity contribution in [2.45, 2.75) is 31.2 Å². The Morgan fingerprint density at radius 2 is 2.15 bits per heavy atom. The van der Waals surface area contributed by atoms with Crippen molar-refractivity contribution < 1.29 is 4.79 Å². The van der Waals surface area contributed by atoms with E-state index < -0.39 is 0 Å². The summed E-state index contributed by atoms with van der Waals surface area (Å²) in [6.45, 7) is 0.622. The number of aromatic nitrogens is 1. The van der Waals surface area contributed by atoms with E-state index in [0.717, 1.165) is 12.8 Å². The fraction of sp³-hybridized carbons (Fsp3) is 0.571. The van der Waals surface area contributed by atoms with Crippen molar-refractivity contribution >= 4 is 23.3 Å². The van der Waals surface area contributed by atoms with Gasteiger partial charge in [-0.15, -0.1) is 0 Å². The molecule has 1 aliphatic carbocycles. The van der Waals surface area contributed by atoms with Crippen molar-refractivity contribution in [2.75, 3.05) is 26.4 Å². The number of likely N-dealkylation sites (N-methyl/N-ethyl adjacent to an activating group) is 1. The smallest absolute Gasteiger partial charge is 0.253 e. The molecule has 0 bridgehead atoms. The number of carbonyl (C=O) groups is 1. The van der Waals surface area contributed by atoms with Gasteiger partial charge in [0.05, 0.1) is 10.6 Å². The first kappa shape index (κ1) is 15.1. The van der Waals surface area contributed by atoms with Gasteiger partial charge in [-0.05, 0) is 33.0 Å². The van der Waals surface area contributed by atoms with Gasteiger partial charge in [-0.2, -0.15) is 0 Å². The van der Waals surface area contributed by atoms with Gasteiger partial charge in [0.1, 0.15) is 5.82 Å². The van der Waals surface area contributed by atoms with Crippen LogP contribution in [-0.2, 0) is 0 Å². The summed E-state index contributed by atoms with van der Waals surface area (Å²) in [5, 5.41) is 3.30. The number of anilines is 1. The van der Waals surface area contributed by atoms with Crippen molar-refractivity contribution in [2.24, 2.45) is 0 Å². The lowest BCUT2D eigenvalue weighted by Crippen LogP contribution is -2.50. The van der Waals surface area contributed by atoms with Gasteiger partial charge in [-0.3, -0.25) is 4.79 Å². The number of amides is 1. The number of nitrogens with two attached hydrogens (primary N) is 1. The van der Waals surface area contributed by atoms with E-state index in [0.29, 0.717) is 22.9 Å². The Bertz CT molecular complexity index is 498. The molecule has 0 aliphatic heterocycles. The lowest BCUT2D eigenvalue weighted by atomic mass is 9.96. The van der Waals surface area contributed by atoms with Crippen LogP contribution in [0.25, 0.3) is 0 Å². The third kappa shape index (κ3) is 3.04. The molecule has 0 radical (unpaired) electrons. The van der Waals surface area contributed by atoms with Gasteiger partial charge in [0.2, 0.25) is 0 Å². The number of nitrogens with zero attached hydrogens (tertiary/aromatic N) is 2. The summed E-state index contributed by atoms with van der Waals surface area (Å²) in [7, 11) is 4.13. The van der Waals surface area contributed by atoms with Gasteiger partial charge in [-0.1, -0.05) is 24.4 Å². The summed E-state index contributed by atoms with van der Waals surface area (Å²) in [5.41, 5.74) is 6.04. The van der Waals surface area contributed by atoms with Crippen LogP contribution in [0.5, 0.6) is 0 Å². The van der Waals surface area contributed by atoms with E-state index in [1.54, 1.807) is 0 Å². The van der Waals surface area contributed by atoms with Gasteiger partial charge >= 0.3 is 0 Å². The van der Waals surface area contributed by atoms with E-state index in [-0.39, 0.29) is 11.4 Å². The van der Waals surface area contributed by atoms with E-state index in [9.17, 15) is 4.79 Å². The molecule has 1 heterocycles. The van der Waals surface area contributed by atoms with Crippen LogP contribution in [0, 0.1) is 0 Å². The maximum absolute atomic E-state index is 12.2. The Kier molecular flexibility index (Phi) is 4.50. The van der Waals surface area contributed by atoms with Crippen LogP contribution in [0.3, 0.4) is 0 Å². The fourth-order valence-corrected chi connectivity index (χ4v) is 2.97. The van der Waals surface area contributed by atoms with Crippen molar-refractivity contribution in [3.8, 4) is 0 Å². The normalized spacial score (nSPS) is 17.4. The first-order chi connectivity index (χ1) is 9.44. The summed E-state index contributed by atoms with van der Waals surface area (Å²) >= 11 is 5.99. The number of hydrogen-bond acceptors (Lipinski definition) is 4. The number of carbonyl (C=O) groups excluding carboxylic acids is 1. The zero-order chi connectivity index (χ0) is 14.8. The molecule has 2 rings (SSSR count). The predicted octanol–water partition coefficient (Wildman–Crippen LogP) is 1.92. The Morgan fingerprint density at radius 3 is 2.75 bits per heavy atom. The molecule has 5 nitrogen and oxygen atoms in total. The molecule has 110 valence electrons. The first-order valence-corrected chi connectivity index (χ1v) is 7.19. The Hall–Kier alpha value is -1.33. The molecule has 0 atom stereocenters. The highest BCUT2D eigenvalue weighted by Gasteiger charge is 2.36. The maximum atomic E-state index is 12.2. The highest BCUT2D eigenvalue weighted by atomic mass is 35.5. The largest absolute Gasteiger partial charge is 0.384 e. The Labute approximate surface area is 124 Å². The van der Waals surface area contributed by atoms with Crippen LogP contribution in [0.1, 0.15) is 36.0 Å². The lowest BCUT2D eigenvalue weighted by Gasteiger charge is -2.36. The van der Waals surface area contributed by atoms with Crippen LogP contribution in [0.4, 0.5) is 5.82 Å². The molecule has 0 saturated heterocycles. The van der Waals surface area contributed by atoms with Crippen molar-refractivity contribution in [1.29, 1.82) is 0 Å². The fourth-order valence-electron chi connectivity index (χ4n) is 2.78. The number of rotatable bonds is 4. The molecule has 1 fully saturated rings. The van der Waals surface area contributed by atoms with E-state index >= 15 is 0 Å². The van der Waals surface area contributed by atoms with Gasteiger partial charge in [0.25, 0.3) is 5.91 Å². The quantitative estimate of drug-likeness (QED) is 0.890. The zero-order valence-electron chi connectivity index (χ0n) is 11.9. The van der Waals surface area contributed by atoms with E-state index in [1.807, 2.05) is 0 Å². The van der Waals surface area contributed by atoms with Gasteiger partial charge in [-0.25, -0.2) is 4.98 Å². The minimum absolute atomic E-state index is 0.0563. The van der Waals surface area contributed by atoms with Crippen LogP contribution < -0.4 is 11.1 Å². The molecule has 1 aromatic rings. The van der Waals surface area contributed by atoms with E-state index in [2.05, 4.69) is 29.3 Å². The topological polar surface area (TPSA) is 71.2 Å². The van der Waals surface area contributed by atoms with Gasteiger partial charge < -0.3 is 16.0 Å². The average Bonchev–Trinajstić information content (AvgIpc) is 2.89. The first-order valence-electron chi connectivity index (χ1n) is 6.81. The van der Waals surface area contributed by atoms with Gasteiger partial charge in [0, 0.05) is 18.3 Å². The second kappa shape index (κ2) is 5.97. The standard InChI is InChI=1S/C14H21ClN4O/c1-19(2)14(5-3-4-6-14)9-18-13(20)10-7-12(16)17-8-11(10)15/h7-8H,3-6,9H2,1-2H3,(H2,16,17)(H,18,20). The van der Waals surface area contributed by atoms with Crippen molar-refractivity contribution in [1.82, 2.24) is 15.2 Å². The molecule has 3 N–H and O–H groups in total. The molecular weight excluding hydrogens is 276 g/mol. The van der Waals surface area contributed by atoms with Crippen molar-refractivity contribution in [3.63, 3.8) is 0 Å². The molecule has 1 saturated carbocycles. The van der Waals surface area contributed by atoms with E-state index in [1.165, 1.54) is 25.1 Å². The molecule has 20 heavy (non-hydrogen) atoms. The maximum Gasteiger partial charge on any atom is 0.253 e. The Morgan fingerprint density at radius 1 is 1.50 bits per heavy atom. The zero-order valence-corrected chi connectivity index (χ0v) is 12.7. The predicted molar refractivity (Wildman–Crippen MR) is 80.9 cm³/mol. The lowest BCUT2D eigenvalue weighted by molar-refractivity contribution is 0.0900. The van der Waals surface area contributed by atoms with Crippen LogP contribution in [0.2, 0.25) is 5.02 Å². The highest BCUT2D eigenvalue weighted by Crippen LogP contribution is 2.33. The third-order valence-electron chi connectivity index (χ3n) is 4.18. The summed E-state index contributed by atoms with van der Waals surface area (Å²) in [5.74, 6) is 0.0972. The highest BCUT2D eigenvalue weighted by molar-refractivity contribution is 6.33. The monoisotopic (exact) mass is 296 g/mol. The number of pyridine rings is 1. The molecule has 1 amide bonds. The van der Waals surface area contributed by atoms with E-state index in [4.69, 9.17) is 17.3 Å². The molecule has 1 aliphatic rings. The molecule has 1 aromatic heterocycles. The second-order valence-electron chi connectivity index (χ2n) is 5.60. The molecule has 6 heteroatoms. The number of nitrogen functional groups attached to an aromatic ring is 1. The minimum Gasteiger partial charge on any atom is -0.384 e. The third-order valence-corrected chi connectivity index (χ3v) is 4.48. The molecule has 0 unspecified atom stereocenters. The van der Waals surface area contributed by atoms with Crippen LogP contribution in [-0.4, -0.2) is 42.0 Å². The van der Waals surface area contributed by atoms with Crippen molar-refractivity contribution in [3.05, 3.63) is 22.8 Å². The van der Waals surface area contributed by atoms with Gasteiger partial charge in [0.15, 0.2) is 0 Å². The summed E-state index contributed by atoms with van der Waals surface area (Å²) in [6, 6.07) is 1.51. The molecule has 0 spiro atoms. The number of nitrogens with one attached hydrogen (secondary N) is 1. The van der Waals surface area contributed by atoms with Crippen LogP contribution in [0.15, 0.2) is 12.3 Å².